The minimum Gasteiger partial charge on any atom is -0.324 e. The van der Waals surface area contributed by atoms with Gasteiger partial charge in [0.15, 0.2) is 0 Å². The first kappa shape index (κ1) is 17.8. The van der Waals surface area contributed by atoms with Gasteiger partial charge in [0.2, 0.25) is 5.91 Å². The molecule has 0 unspecified atom stereocenters. The Labute approximate surface area is 171 Å². The number of likely N-dealkylation sites (tertiary alicyclic amines) is 1. The summed E-state index contributed by atoms with van der Waals surface area (Å²) in [7, 11) is 0. The van der Waals surface area contributed by atoms with Crippen LogP contribution in [0.25, 0.3) is 26.8 Å². The topological polar surface area (TPSA) is 95.4 Å². The summed E-state index contributed by atoms with van der Waals surface area (Å²) in [6.45, 7) is 2.30. The zero-order valence-corrected chi connectivity index (χ0v) is 17.3. The van der Waals surface area contributed by atoms with E-state index in [0.717, 1.165) is 34.5 Å². The van der Waals surface area contributed by atoms with Crippen LogP contribution in [0.5, 0.6) is 0 Å². The van der Waals surface area contributed by atoms with Gasteiger partial charge >= 0.3 is 0 Å². The summed E-state index contributed by atoms with van der Waals surface area (Å²) in [5.74, 6) is -0.0705. The second-order valence-electron chi connectivity index (χ2n) is 6.97. The molecule has 5 rings (SSSR count). The number of carbonyl (C=O) groups is 1. The highest BCUT2D eigenvalue weighted by Gasteiger charge is 2.17. The van der Waals surface area contributed by atoms with E-state index in [-0.39, 0.29) is 11.5 Å². The van der Waals surface area contributed by atoms with Crippen LogP contribution >= 0.6 is 27.3 Å². The number of carbonyl (C=O) groups excluding carboxylic acids is 1. The van der Waals surface area contributed by atoms with Crippen LogP contribution in [0.3, 0.4) is 0 Å². The number of nitrogens with one attached hydrogen (secondary N) is 2. The molecule has 1 amide bonds. The van der Waals surface area contributed by atoms with Gasteiger partial charge < -0.3 is 10.3 Å². The molecule has 1 fully saturated rings. The van der Waals surface area contributed by atoms with Gasteiger partial charge in [-0.15, -0.1) is 11.3 Å². The Balaban J connectivity index is 1.48. The molecule has 0 atom stereocenters. The zero-order chi connectivity index (χ0) is 19.3. The van der Waals surface area contributed by atoms with Crippen molar-refractivity contribution in [3.05, 3.63) is 32.6 Å². The number of anilines is 1. The maximum atomic E-state index is 12.6. The van der Waals surface area contributed by atoms with Crippen LogP contribution in [0.2, 0.25) is 0 Å². The van der Waals surface area contributed by atoms with E-state index in [1.54, 1.807) is 16.8 Å². The number of H-pyrrole nitrogens is 1. The van der Waals surface area contributed by atoms with Crippen LogP contribution < -0.4 is 10.9 Å². The molecule has 0 spiro atoms. The number of pyridine rings is 2. The number of amides is 1. The third-order valence-electron chi connectivity index (χ3n) is 4.97. The summed E-state index contributed by atoms with van der Waals surface area (Å²) >= 11 is 4.86. The highest BCUT2D eigenvalue weighted by Crippen LogP contribution is 2.30. The van der Waals surface area contributed by atoms with Gasteiger partial charge in [-0.3, -0.25) is 19.5 Å². The molecular weight excluding hydrogens is 444 g/mol. The van der Waals surface area contributed by atoms with Crippen molar-refractivity contribution >= 4 is 65.6 Å². The average molecular weight is 461 g/mol. The molecule has 1 aliphatic rings. The van der Waals surface area contributed by atoms with Gasteiger partial charge in [0.05, 0.1) is 33.9 Å². The van der Waals surface area contributed by atoms with Crippen molar-refractivity contribution in [2.24, 2.45) is 0 Å². The van der Waals surface area contributed by atoms with Gasteiger partial charge in [0, 0.05) is 0 Å². The van der Waals surface area contributed by atoms with Crippen molar-refractivity contribution in [1.29, 1.82) is 0 Å². The highest BCUT2D eigenvalue weighted by molar-refractivity contribution is 9.11. The van der Waals surface area contributed by atoms with Crippen molar-refractivity contribution in [2.75, 3.05) is 25.0 Å². The lowest BCUT2D eigenvalue weighted by molar-refractivity contribution is -0.117. The number of piperidine rings is 1. The lowest BCUT2D eigenvalue weighted by atomic mass is 10.1. The van der Waals surface area contributed by atoms with E-state index in [2.05, 4.69) is 41.2 Å². The molecule has 0 aromatic carbocycles. The molecule has 8 nitrogen and oxygen atoms in total. The van der Waals surface area contributed by atoms with Crippen molar-refractivity contribution in [1.82, 2.24) is 24.5 Å². The fraction of sp³-hybridized carbons (Fsp3) is 0.333. The first-order chi connectivity index (χ1) is 13.6. The first-order valence-corrected chi connectivity index (χ1v) is 10.7. The molecule has 4 aromatic heterocycles. The lowest BCUT2D eigenvalue weighted by Gasteiger charge is -2.25. The van der Waals surface area contributed by atoms with Gasteiger partial charge in [-0.2, -0.15) is 5.10 Å². The second-order valence-corrected chi connectivity index (χ2v) is 9.38. The zero-order valence-electron chi connectivity index (χ0n) is 14.9. The Morgan fingerprint density at radius 3 is 2.93 bits per heavy atom. The summed E-state index contributed by atoms with van der Waals surface area (Å²) in [6.07, 6.45) is 6.94. The van der Waals surface area contributed by atoms with E-state index in [0.29, 0.717) is 34.2 Å². The summed E-state index contributed by atoms with van der Waals surface area (Å²) in [5.41, 5.74) is 2.07. The van der Waals surface area contributed by atoms with Gasteiger partial charge in [-0.1, -0.05) is 6.42 Å². The van der Waals surface area contributed by atoms with Crippen molar-refractivity contribution in [2.45, 2.75) is 19.3 Å². The second kappa shape index (κ2) is 6.94. The molecule has 0 saturated carbocycles. The Bertz CT molecular complexity index is 1270. The van der Waals surface area contributed by atoms with Crippen LogP contribution in [-0.2, 0) is 4.79 Å². The molecule has 1 saturated heterocycles. The Morgan fingerprint density at radius 2 is 2.11 bits per heavy atom. The maximum Gasteiger partial charge on any atom is 0.261 e. The summed E-state index contributed by atoms with van der Waals surface area (Å²) < 4.78 is 2.58. The fourth-order valence-electron chi connectivity index (χ4n) is 3.71. The van der Waals surface area contributed by atoms with Crippen LogP contribution in [0.4, 0.5) is 5.69 Å². The highest BCUT2D eigenvalue weighted by atomic mass is 79.9. The molecule has 2 N–H and O–H groups in total. The molecule has 5 heterocycles. The van der Waals surface area contributed by atoms with Crippen molar-refractivity contribution in [3.63, 3.8) is 0 Å². The maximum absolute atomic E-state index is 12.6. The van der Waals surface area contributed by atoms with Crippen LogP contribution in [0.15, 0.2) is 27.0 Å². The number of hydrogen-bond acceptors (Lipinski definition) is 6. The van der Waals surface area contributed by atoms with Crippen molar-refractivity contribution in [3.8, 4) is 0 Å². The summed E-state index contributed by atoms with van der Waals surface area (Å²) in [5, 5.41) is 7.92. The Kier molecular flexibility index (Phi) is 4.41. The predicted molar refractivity (Wildman–Crippen MR) is 113 cm³/mol. The first-order valence-electron chi connectivity index (χ1n) is 9.10. The number of fused-ring (bicyclic) bond motifs is 5. The number of aromatic amines is 1. The molecule has 0 bridgehead atoms. The molecule has 144 valence electrons. The fourth-order valence-corrected chi connectivity index (χ4v) is 5.18. The minimum atomic E-state index is -0.217. The standard InChI is InChI=1S/C18H17BrN6O2S/c19-12-8-25-18(28-12)14-16(23-25)15-11(22-17(14)27)6-10(7-20-15)21-13(26)9-24-4-2-1-3-5-24/h6-8H,1-5,9H2,(H,21,26)(H,22,27). The van der Waals surface area contributed by atoms with Gasteiger partial charge in [0.1, 0.15) is 21.3 Å². The smallest absolute Gasteiger partial charge is 0.261 e. The summed E-state index contributed by atoms with van der Waals surface area (Å²) in [4.78, 5) is 35.2. The number of rotatable bonds is 3. The van der Waals surface area contributed by atoms with E-state index < -0.39 is 0 Å². The summed E-state index contributed by atoms with van der Waals surface area (Å²) in [6, 6.07) is 1.74. The number of thiazole rings is 1. The van der Waals surface area contributed by atoms with E-state index in [4.69, 9.17) is 0 Å². The van der Waals surface area contributed by atoms with E-state index in [9.17, 15) is 9.59 Å². The van der Waals surface area contributed by atoms with Gasteiger partial charge in [-0.05, 0) is 47.9 Å². The Hall–Kier alpha value is -2.30. The molecule has 28 heavy (non-hydrogen) atoms. The van der Waals surface area contributed by atoms with Crippen LogP contribution in [0, 0.1) is 0 Å². The van der Waals surface area contributed by atoms with Gasteiger partial charge in [-0.25, -0.2) is 4.52 Å². The van der Waals surface area contributed by atoms with E-state index >= 15 is 0 Å². The number of nitrogens with zero attached hydrogens (tertiary/aromatic N) is 4. The Morgan fingerprint density at radius 1 is 1.29 bits per heavy atom. The molecule has 0 radical (unpaired) electrons. The minimum absolute atomic E-state index is 0.0705. The molecule has 4 aromatic rings. The third-order valence-corrected chi connectivity index (χ3v) is 6.55. The molecule has 10 heteroatoms. The SMILES string of the molecule is O=C(CN1CCCCC1)Nc1cnc2c(c1)[nH]c(=O)c1c2nn2cc(Br)sc12. The van der Waals surface area contributed by atoms with Crippen LogP contribution in [-0.4, -0.2) is 50.0 Å². The van der Waals surface area contributed by atoms with Crippen LogP contribution in [0.1, 0.15) is 19.3 Å². The number of aromatic nitrogens is 4. The molecule has 0 aliphatic carbocycles. The van der Waals surface area contributed by atoms with E-state index in [1.165, 1.54) is 17.8 Å². The average Bonchev–Trinajstić information content (AvgIpc) is 3.18. The largest absolute Gasteiger partial charge is 0.324 e. The normalized spacial score (nSPS) is 15.6. The quantitative estimate of drug-likeness (QED) is 0.489. The van der Waals surface area contributed by atoms with Gasteiger partial charge in [0.25, 0.3) is 5.56 Å². The molecule has 1 aliphatic heterocycles. The number of halogens is 1. The van der Waals surface area contributed by atoms with Crippen molar-refractivity contribution < 1.29 is 4.79 Å². The predicted octanol–water partition coefficient (Wildman–Crippen LogP) is 2.97. The van der Waals surface area contributed by atoms with E-state index in [1.807, 2.05) is 6.20 Å². The number of hydrogen-bond donors (Lipinski definition) is 2. The monoisotopic (exact) mass is 460 g/mol. The third kappa shape index (κ3) is 3.11. The molecular formula is C18H17BrN6O2S. The lowest BCUT2D eigenvalue weighted by Crippen LogP contribution is -2.36.